The molecule has 1 aromatic carbocycles. The molecule has 0 saturated heterocycles. The van der Waals surface area contributed by atoms with Gasteiger partial charge in [0.2, 0.25) is 0 Å². The topological polar surface area (TPSA) is 164 Å². The number of methoxy groups -OCH3 is 2. The lowest BCUT2D eigenvalue weighted by atomic mass is 10.2. The van der Waals surface area contributed by atoms with E-state index in [4.69, 9.17) is 16.2 Å². The minimum absolute atomic E-state index is 0.0527. The van der Waals surface area contributed by atoms with E-state index < -0.39 is 18.6 Å². The van der Waals surface area contributed by atoms with Gasteiger partial charge >= 0.3 is 12.1 Å². The average Bonchev–Trinajstić information content (AvgIpc) is 3.22. The molecule has 4 N–H and O–H groups in total. The number of ether oxygens (including phenoxy) is 2. The lowest BCUT2D eigenvalue weighted by Crippen LogP contribution is -2.37. The van der Waals surface area contributed by atoms with Gasteiger partial charge < -0.3 is 20.9 Å². The quantitative estimate of drug-likeness (QED) is 0.390. The lowest BCUT2D eigenvalue weighted by molar-refractivity contribution is -0.138. The summed E-state index contributed by atoms with van der Waals surface area (Å²) in [6.07, 6.45) is 0.674. The van der Waals surface area contributed by atoms with Crippen molar-refractivity contribution in [2.24, 2.45) is 0 Å². The second-order valence-electron chi connectivity index (χ2n) is 7.27. The summed E-state index contributed by atoms with van der Waals surface area (Å²) in [6.45, 7) is -0.414. The van der Waals surface area contributed by atoms with Crippen LogP contribution in [0.3, 0.4) is 0 Å². The van der Waals surface area contributed by atoms with Gasteiger partial charge in [0, 0.05) is 11.8 Å². The Kier molecular flexibility index (Phi) is 6.40. The fourth-order valence-corrected chi connectivity index (χ4v) is 3.48. The van der Waals surface area contributed by atoms with Crippen LogP contribution < -0.4 is 16.4 Å². The number of hydrogen-bond acceptors (Lipinski definition) is 10. The number of benzene rings is 1. The maximum atomic E-state index is 14.2. The van der Waals surface area contributed by atoms with Crippen LogP contribution in [0, 0.1) is 5.82 Å². The fraction of sp³-hybridized carbons (Fsp3) is 0.182. The summed E-state index contributed by atoms with van der Waals surface area (Å²) in [5, 5.41) is 5.12. The highest BCUT2D eigenvalue weighted by atomic mass is 19.1. The number of nitrogen functional groups attached to an aromatic ring is 2. The Balaban J connectivity index is 1.80. The number of halogens is 1. The van der Waals surface area contributed by atoms with Gasteiger partial charge in [0.15, 0.2) is 23.1 Å². The van der Waals surface area contributed by atoms with Crippen LogP contribution in [-0.4, -0.2) is 57.6 Å². The van der Waals surface area contributed by atoms with Gasteiger partial charge in [-0.1, -0.05) is 18.2 Å². The molecular weight excluding hydrogens is 459 g/mol. The van der Waals surface area contributed by atoms with Crippen molar-refractivity contribution in [3.8, 4) is 11.5 Å². The van der Waals surface area contributed by atoms with Gasteiger partial charge in [-0.3, -0.25) is 9.69 Å². The number of amides is 1. The molecule has 4 rings (SSSR count). The van der Waals surface area contributed by atoms with E-state index in [-0.39, 0.29) is 35.5 Å². The van der Waals surface area contributed by atoms with Crippen LogP contribution in [-0.2, 0) is 20.8 Å². The third-order valence-electron chi connectivity index (χ3n) is 5.11. The predicted octanol–water partition coefficient (Wildman–Crippen LogP) is 1.99. The van der Waals surface area contributed by atoms with Crippen LogP contribution in [0.5, 0.6) is 0 Å². The van der Waals surface area contributed by atoms with Crippen LogP contribution in [0.25, 0.3) is 22.6 Å². The first-order chi connectivity index (χ1) is 16.8. The maximum Gasteiger partial charge on any atom is 0.414 e. The summed E-state index contributed by atoms with van der Waals surface area (Å²) >= 11 is 0. The van der Waals surface area contributed by atoms with Crippen molar-refractivity contribution < 1.29 is 23.5 Å². The summed E-state index contributed by atoms with van der Waals surface area (Å²) in [5.41, 5.74) is 13.3. The number of rotatable bonds is 6. The highest BCUT2D eigenvalue weighted by molar-refractivity contribution is 5.99. The molecule has 0 fully saturated rings. The zero-order valence-electron chi connectivity index (χ0n) is 18.8. The van der Waals surface area contributed by atoms with Gasteiger partial charge in [-0.2, -0.15) is 5.10 Å². The van der Waals surface area contributed by atoms with Crippen LogP contribution in [0.15, 0.2) is 42.6 Å². The maximum absolute atomic E-state index is 14.2. The second kappa shape index (κ2) is 9.59. The van der Waals surface area contributed by atoms with Crippen molar-refractivity contribution in [3.63, 3.8) is 0 Å². The van der Waals surface area contributed by atoms with Crippen molar-refractivity contribution in [3.05, 3.63) is 54.0 Å². The van der Waals surface area contributed by atoms with Crippen molar-refractivity contribution >= 4 is 40.4 Å². The summed E-state index contributed by atoms with van der Waals surface area (Å²) in [5.74, 6) is -1.44. The van der Waals surface area contributed by atoms with Gasteiger partial charge in [-0.05, 0) is 18.2 Å². The Morgan fingerprint density at radius 1 is 1.06 bits per heavy atom. The average molecular weight is 480 g/mol. The monoisotopic (exact) mass is 480 g/mol. The van der Waals surface area contributed by atoms with Crippen LogP contribution in [0.1, 0.15) is 5.56 Å². The highest BCUT2D eigenvalue weighted by Crippen LogP contribution is 2.33. The number of pyridine rings is 1. The molecule has 0 radical (unpaired) electrons. The molecule has 0 spiro atoms. The minimum atomic E-state index is -0.908. The van der Waals surface area contributed by atoms with Gasteiger partial charge in [0.1, 0.15) is 23.7 Å². The van der Waals surface area contributed by atoms with Crippen LogP contribution in [0.2, 0.25) is 0 Å². The Hall–Kier alpha value is -4.81. The smallest absolute Gasteiger partial charge is 0.414 e. The van der Waals surface area contributed by atoms with Crippen molar-refractivity contribution in [1.82, 2.24) is 24.7 Å². The first-order valence-corrected chi connectivity index (χ1v) is 10.2. The molecule has 0 atom stereocenters. The minimum Gasteiger partial charge on any atom is -0.468 e. The van der Waals surface area contributed by atoms with Gasteiger partial charge in [-0.15, -0.1) is 0 Å². The molecule has 13 heteroatoms. The highest BCUT2D eigenvalue weighted by Gasteiger charge is 2.28. The van der Waals surface area contributed by atoms with Gasteiger partial charge in [0.05, 0.1) is 26.2 Å². The number of nitrogens with two attached hydrogens (primary N) is 2. The second-order valence-corrected chi connectivity index (χ2v) is 7.27. The fourth-order valence-electron chi connectivity index (χ4n) is 3.48. The van der Waals surface area contributed by atoms with Crippen LogP contribution in [0.4, 0.5) is 26.5 Å². The predicted molar refractivity (Wildman–Crippen MR) is 125 cm³/mol. The van der Waals surface area contributed by atoms with E-state index in [2.05, 4.69) is 24.8 Å². The summed E-state index contributed by atoms with van der Waals surface area (Å²) in [7, 11) is 2.30. The first-order valence-electron chi connectivity index (χ1n) is 10.2. The summed E-state index contributed by atoms with van der Waals surface area (Å²) in [6, 6.07) is 9.79. The number of anilines is 3. The van der Waals surface area contributed by atoms with E-state index in [1.165, 1.54) is 17.9 Å². The van der Waals surface area contributed by atoms with E-state index in [1.54, 1.807) is 36.5 Å². The molecule has 35 heavy (non-hydrogen) atoms. The molecule has 0 aliphatic carbocycles. The van der Waals surface area contributed by atoms with Gasteiger partial charge in [-0.25, -0.2) is 28.8 Å². The van der Waals surface area contributed by atoms with Crippen LogP contribution >= 0.6 is 0 Å². The number of carbonyl (C=O) groups is 2. The molecule has 0 unspecified atom stereocenters. The summed E-state index contributed by atoms with van der Waals surface area (Å²) in [4.78, 5) is 37.9. The van der Waals surface area contributed by atoms with E-state index >= 15 is 0 Å². The first kappa shape index (κ1) is 23.4. The SMILES string of the molecule is COC(=O)CN(C(=O)OC)c1c(N)nc(-c2nn(Cc3ccccc3F)c3ncccc23)nc1N. The number of fused-ring (bicyclic) bond motifs is 1. The molecule has 0 aliphatic heterocycles. The molecule has 180 valence electrons. The summed E-state index contributed by atoms with van der Waals surface area (Å²) < 4.78 is 25.1. The molecule has 3 aromatic heterocycles. The van der Waals surface area contributed by atoms with Gasteiger partial charge in [0.25, 0.3) is 0 Å². The zero-order valence-corrected chi connectivity index (χ0v) is 18.8. The Bertz CT molecular complexity index is 1400. The number of hydrogen-bond donors (Lipinski definition) is 2. The van der Waals surface area contributed by atoms with E-state index in [0.29, 0.717) is 22.3 Å². The molecule has 1 amide bonds. The van der Waals surface area contributed by atoms with E-state index in [1.807, 2.05) is 0 Å². The molecular formula is C22H21FN8O4. The molecule has 0 bridgehead atoms. The Labute approximate surface area is 198 Å². The van der Waals surface area contributed by atoms with Crippen molar-refractivity contribution in [2.45, 2.75) is 6.54 Å². The third-order valence-corrected chi connectivity index (χ3v) is 5.11. The normalized spacial score (nSPS) is 10.8. The number of esters is 1. The van der Waals surface area contributed by atoms with E-state index in [9.17, 15) is 14.0 Å². The number of aromatic nitrogens is 5. The number of nitrogens with zero attached hydrogens (tertiary/aromatic N) is 6. The lowest BCUT2D eigenvalue weighted by Gasteiger charge is -2.22. The number of carbonyl (C=O) groups excluding carboxylic acids is 2. The molecule has 12 nitrogen and oxygen atoms in total. The Morgan fingerprint density at radius 3 is 2.43 bits per heavy atom. The molecule has 3 heterocycles. The van der Waals surface area contributed by atoms with Crippen molar-refractivity contribution in [2.75, 3.05) is 37.1 Å². The third kappa shape index (κ3) is 4.51. The molecule has 0 aliphatic rings. The standard InChI is InChI=1S/C22H21FN8O4/c1-34-15(32)11-30(22(33)35-2)17-18(24)27-20(28-19(17)25)16-13-7-5-9-26-21(13)31(29-16)10-12-6-3-4-8-14(12)23/h3-9H,10-11H2,1-2H3,(H4,24,25,27,28). The molecule has 4 aromatic rings. The van der Waals surface area contributed by atoms with Crippen molar-refractivity contribution in [1.29, 1.82) is 0 Å². The zero-order chi connectivity index (χ0) is 25.1. The largest absolute Gasteiger partial charge is 0.468 e. The molecule has 0 saturated carbocycles. The Morgan fingerprint density at radius 2 is 1.77 bits per heavy atom. The van der Waals surface area contributed by atoms with E-state index in [0.717, 1.165) is 12.0 Å².